The van der Waals surface area contributed by atoms with Crippen molar-refractivity contribution in [2.75, 3.05) is 32.8 Å². The molecule has 0 aromatic heterocycles. The summed E-state index contributed by atoms with van der Waals surface area (Å²) < 4.78 is 5.93. The third-order valence-electron chi connectivity index (χ3n) is 2.85. The number of morpholine rings is 1. The fraction of sp³-hybridized carbons (Fsp3) is 0.692. The van der Waals surface area contributed by atoms with E-state index in [0.29, 0.717) is 4.59 Å². The number of ether oxygens (including phenoxy) is 1. The van der Waals surface area contributed by atoms with Crippen LogP contribution in [0.5, 0.6) is 0 Å². The van der Waals surface area contributed by atoms with Gasteiger partial charge in [-0.1, -0.05) is 13.5 Å². The van der Waals surface area contributed by atoms with E-state index >= 15 is 0 Å². The van der Waals surface area contributed by atoms with Gasteiger partial charge in [0.25, 0.3) is 5.91 Å². The molecular weight excluding hydrogens is 264 g/mol. The second-order valence-corrected chi connectivity index (χ2v) is 4.60. The minimum atomic E-state index is -1.44. The molecule has 116 valence electrons. The minimum Gasteiger partial charge on any atom is -0.547 e. The van der Waals surface area contributed by atoms with Crippen molar-refractivity contribution in [3.05, 3.63) is 12.7 Å². The minimum absolute atomic E-state index is 0.0969. The molecule has 0 aromatic rings. The number of nitrogens with zero attached hydrogens (tertiary/aromatic N) is 1. The van der Waals surface area contributed by atoms with E-state index in [-0.39, 0.29) is 5.91 Å². The Hall–Kier alpha value is -1.44. The van der Waals surface area contributed by atoms with E-state index in [9.17, 15) is 14.7 Å². The Morgan fingerprint density at radius 3 is 2.35 bits per heavy atom. The quantitative estimate of drug-likeness (QED) is 0.478. The van der Waals surface area contributed by atoms with Crippen LogP contribution >= 0.6 is 0 Å². The fourth-order valence-corrected chi connectivity index (χ4v) is 1.79. The Morgan fingerprint density at radius 1 is 1.50 bits per heavy atom. The second-order valence-electron chi connectivity index (χ2n) is 4.60. The van der Waals surface area contributed by atoms with E-state index in [2.05, 4.69) is 18.9 Å². The lowest BCUT2D eigenvalue weighted by molar-refractivity contribution is -0.967. The number of carboxylic acids is 1. The van der Waals surface area contributed by atoms with Crippen molar-refractivity contribution in [2.24, 2.45) is 0 Å². The largest absolute Gasteiger partial charge is 0.547 e. The molecule has 1 aliphatic rings. The molecule has 0 spiro atoms. The van der Waals surface area contributed by atoms with E-state index in [0.717, 1.165) is 46.2 Å². The van der Waals surface area contributed by atoms with E-state index in [1.807, 2.05) is 0 Å². The first-order valence-electron chi connectivity index (χ1n) is 6.64. The van der Waals surface area contributed by atoms with Crippen LogP contribution in [-0.4, -0.2) is 60.5 Å². The average Bonchev–Trinajstić information content (AvgIpc) is 2.40. The molecule has 7 heteroatoms. The Morgan fingerprint density at radius 2 is 2.00 bits per heavy atom. The summed E-state index contributed by atoms with van der Waals surface area (Å²) in [6.45, 7) is 10.8. The highest BCUT2D eigenvalue weighted by atomic mass is 16.5. The molecule has 1 unspecified atom stereocenters. The molecule has 1 aliphatic heterocycles. The standard InChI is InChI=1S/C10H18N2O2.C3H6O3/c1-3-5-12(11-10(13)4-2)6-8-14-9-7-12;1-2(4)3(5)6/h4H,2-3,5-9H2,1H3;2,4H,1H3,(H,5,6). The molecule has 1 amide bonds. The first kappa shape index (κ1) is 18.6. The second kappa shape index (κ2) is 9.46. The van der Waals surface area contributed by atoms with Gasteiger partial charge in [0, 0.05) is 6.08 Å². The number of hydrogen-bond acceptors (Lipinski definition) is 5. The number of nitrogens with one attached hydrogen (secondary N) is 1. The molecule has 20 heavy (non-hydrogen) atoms. The van der Waals surface area contributed by atoms with Crippen molar-refractivity contribution >= 4 is 11.9 Å². The van der Waals surface area contributed by atoms with Gasteiger partial charge in [-0.3, -0.25) is 4.79 Å². The molecule has 2 N–H and O–H groups in total. The van der Waals surface area contributed by atoms with E-state index in [4.69, 9.17) is 9.84 Å². The lowest BCUT2D eigenvalue weighted by atomic mass is 10.3. The topological polar surface area (TPSA) is 98.7 Å². The summed E-state index contributed by atoms with van der Waals surface area (Å²) in [6.07, 6.45) is 1.03. The molecule has 1 atom stereocenters. The number of rotatable bonds is 5. The number of aliphatic hydroxyl groups excluding tert-OH is 1. The van der Waals surface area contributed by atoms with E-state index in [1.165, 1.54) is 6.08 Å². The first-order valence-corrected chi connectivity index (χ1v) is 6.64. The van der Waals surface area contributed by atoms with Crippen molar-refractivity contribution in [1.82, 2.24) is 5.43 Å². The van der Waals surface area contributed by atoms with Gasteiger partial charge in [-0.2, -0.15) is 5.43 Å². The van der Waals surface area contributed by atoms with Crippen LogP contribution in [0.15, 0.2) is 12.7 Å². The highest BCUT2D eigenvalue weighted by molar-refractivity contribution is 5.85. The number of amides is 1. The van der Waals surface area contributed by atoms with Gasteiger partial charge in [0.15, 0.2) is 0 Å². The van der Waals surface area contributed by atoms with E-state index in [1.54, 1.807) is 0 Å². The van der Waals surface area contributed by atoms with Crippen LogP contribution in [0.1, 0.15) is 20.3 Å². The Balaban J connectivity index is 0.000000511. The van der Waals surface area contributed by atoms with Crippen LogP contribution in [0.2, 0.25) is 0 Å². The number of carbonyl (C=O) groups is 2. The van der Waals surface area contributed by atoms with Gasteiger partial charge in [0.1, 0.15) is 19.6 Å². The molecule has 0 aliphatic carbocycles. The van der Waals surface area contributed by atoms with Crippen molar-refractivity contribution in [3.63, 3.8) is 0 Å². The van der Waals surface area contributed by atoms with Gasteiger partial charge in [0.2, 0.25) is 0 Å². The van der Waals surface area contributed by atoms with E-state index < -0.39 is 12.1 Å². The summed E-state index contributed by atoms with van der Waals surface area (Å²) in [4.78, 5) is 20.6. The first-order chi connectivity index (χ1) is 9.37. The third-order valence-corrected chi connectivity index (χ3v) is 2.85. The summed E-state index contributed by atoms with van der Waals surface area (Å²) in [6, 6.07) is 0. The Bertz CT molecular complexity index is 319. The molecule has 1 rings (SSSR count). The van der Waals surface area contributed by atoms with Crippen molar-refractivity contribution in [1.29, 1.82) is 0 Å². The molecule has 1 heterocycles. The molecule has 7 nitrogen and oxygen atoms in total. The smallest absolute Gasteiger partial charge is 0.288 e. The highest BCUT2D eigenvalue weighted by Gasteiger charge is 2.31. The van der Waals surface area contributed by atoms with Crippen LogP contribution in [0.25, 0.3) is 0 Å². The number of aliphatic carboxylic acids is 1. The predicted octanol–water partition coefficient (Wildman–Crippen LogP) is -1.42. The van der Waals surface area contributed by atoms with Gasteiger partial charge < -0.3 is 19.7 Å². The third kappa shape index (κ3) is 7.22. The molecule has 1 saturated heterocycles. The van der Waals surface area contributed by atoms with Gasteiger partial charge in [0.05, 0.1) is 25.3 Å². The molecular formula is C13H24N2O5. The highest BCUT2D eigenvalue weighted by Crippen LogP contribution is 2.08. The summed E-state index contributed by atoms with van der Waals surface area (Å²) in [7, 11) is 0. The van der Waals surface area contributed by atoms with Crippen LogP contribution in [0.4, 0.5) is 0 Å². The summed E-state index contributed by atoms with van der Waals surface area (Å²) in [5, 5.41) is 17.3. The maximum Gasteiger partial charge on any atom is 0.288 e. The van der Waals surface area contributed by atoms with Gasteiger partial charge in [-0.05, 0) is 13.3 Å². The zero-order valence-corrected chi connectivity index (χ0v) is 12.1. The predicted molar refractivity (Wildman–Crippen MR) is 71.0 cm³/mol. The molecule has 0 bridgehead atoms. The Labute approximate surface area is 119 Å². The number of carbonyl (C=O) groups excluding carboxylic acids is 2. The maximum absolute atomic E-state index is 11.3. The van der Waals surface area contributed by atoms with Crippen molar-refractivity contribution in [3.8, 4) is 0 Å². The zero-order chi connectivity index (χ0) is 15.6. The lowest BCUT2D eigenvalue weighted by Crippen LogP contribution is -2.64. The number of hydrogen-bond donors (Lipinski definition) is 2. The SMILES string of the molecule is C=CC(=O)N[N+]1(CCC)CCOCC1.CC(O)C(=O)[O-]. The van der Waals surface area contributed by atoms with Crippen LogP contribution in [0, 0.1) is 0 Å². The van der Waals surface area contributed by atoms with Crippen molar-refractivity contribution < 1.29 is 29.1 Å². The average molecular weight is 288 g/mol. The summed E-state index contributed by atoms with van der Waals surface area (Å²) >= 11 is 0. The van der Waals surface area contributed by atoms with Crippen LogP contribution in [-0.2, 0) is 14.3 Å². The van der Waals surface area contributed by atoms with Gasteiger partial charge in [-0.15, -0.1) is 0 Å². The van der Waals surface area contributed by atoms with Crippen LogP contribution < -0.4 is 10.5 Å². The number of quaternary nitrogens is 1. The number of aliphatic hydroxyl groups is 1. The normalized spacial score (nSPS) is 18.1. The fourth-order valence-electron chi connectivity index (χ4n) is 1.79. The summed E-state index contributed by atoms with van der Waals surface area (Å²) in [5.41, 5.74) is 2.98. The molecule has 1 fully saturated rings. The monoisotopic (exact) mass is 288 g/mol. The number of carboxylic acid groups (broad SMARTS) is 1. The molecule has 0 radical (unpaired) electrons. The Kier molecular flexibility index (Phi) is 8.78. The van der Waals surface area contributed by atoms with Gasteiger partial charge >= 0.3 is 0 Å². The summed E-state index contributed by atoms with van der Waals surface area (Å²) in [5.74, 6) is -1.53. The van der Waals surface area contributed by atoms with Crippen molar-refractivity contribution in [2.45, 2.75) is 26.4 Å². The van der Waals surface area contributed by atoms with Gasteiger partial charge in [-0.25, -0.2) is 4.59 Å². The maximum atomic E-state index is 11.3. The zero-order valence-electron chi connectivity index (χ0n) is 12.1. The lowest BCUT2D eigenvalue weighted by Gasteiger charge is -2.39. The molecule has 0 aromatic carbocycles. The van der Waals surface area contributed by atoms with Crippen LogP contribution in [0.3, 0.4) is 0 Å². The molecule has 0 saturated carbocycles.